The molecule has 0 aromatic rings. The minimum Gasteiger partial charge on any atom is -0.466 e. The third kappa shape index (κ3) is 21.7. The second kappa shape index (κ2) is 24.5. The van der Waals surface area contributed by atoms with Gasteiger partial charge in [0.15, 0.2) is 0 Å². The molecular formula is C25H53NO2. The largest absolute Gasteiger partial charge is 0.466 e. The van der Waals surface area contributed by atoms with Gasteiger partial charge in [0, 0.05) is 6.42 Å². The summed E-state index contributed by atoms with van der Waals surface area (Å²) in [5, 5.41) is 0. The number of hydrogen-bond acceptors (Lipinski definition) is 3. The number of hydrogen-bond donors (Lipinski definition) is 1. The molecule has 28 heavy (non-hydrogen) atoms. The van der Waals surface area contributed by atoms with Gasteiger partial charge < -0.3 is 10.9 Å². The lowest BCUT2D eigenvalue weighted by atomic mass is 9.91. The molecule has 0 bridgehead atoms. The topological polar surface area (TPSA) is 61.3 Å². The summed E-state index contributed by atoms with van der Waals surface area (Å²) < 4.78 is 5.17. The molecule has 0 aliphatic heterocycles. The second-order valence-corrected chi connectivity index (χ2v) is 8.45. The highest BCUT2D eigenvalue weighted by Crippen LogP contribution is 2.22. The Kier molecular flexibility index (Phi) is 25.9. The molecule has 0 amide bonds. The van der Waals surface area contributed by atoms with E-state index in [1.54, 1.807) is 0 Å². The van der Waals surface area contributed by atoms with Crippen LogP contribution in [0.3, 0.4) is 0 Å². The Morgan fingerprint density at radius 1 is 0.607 bits per heavy atom. The molecule has 0 aromatic carbocycles. The van der Waals surface area contributed by atoms with Crippen LogP contribution in [-0.2, 0) is 9.53 Å². The van der Waals surface area contributed by atoms with Crippen molar-refractivity contribution in [3.63, 3.8) is 0 Å². The van der Waals surface area contributed by atoms with Crippen molar-refractivity contribution in [1.82, 2.24) is 6.15 Å². The molecule has 0 aliphatic carbocycles. The Hall–Kier alpha value is -0.570. The number of carbonyl (C=O) groups is 1. The first-order chi connectivity index (χ1) is 13.2. The molecule has 1 atom stereocenters. The van der Waals surface area contributed by atoms with Crippen LogP contribution in [0.4, 0.5) is 0 Å². The maximum atomic E-state index is 11.6. The zero-order valence-corrected chi connectivity index (χ0v) is 19.7. The van der Waals surface area contributed by atoms with Crippen LogP contribution >= 0.6 is 0 Å². The first kappa shape index (κ1) is 29.6. The van der Waals surface area contributed by atoms with Crippen LogP contribution in [0.5, 0.6) is 0 Å². The summed E-state index contributed by atoms with van der Waals surface area (Å²) in [5.41, 5.74) is 0. The van der Waals surface area contributed by atoms with E-state index in [1.807, 2.05) is 6.92 Å². The van der Waals surface area contributed by atoms with E-state index in [4.69, 9.17) is 4.74 Å². The average Bonchev–Trinajstić information content (AvgIpc) is 2.67. The molecule has 0 heterocycles. The third-order valence-corrected chi connectivity index (χ3v) is 5.62. The van der Waals surface area contributed by atoms with Gasteiger partial charge in [-0.1, -0.05) is 117 Å². The van der Waals surface area contributed by atoms with Crippen molar-refractivity contribution in [2.45, 2.75) is 143 Å². The first-order valence-electron chi connectivity index (χ1n) is 12.4. The van der Waals surface area contributed by atoms with Gasteiger partial charge in [-0.2, -0.15) is 0 Å². The van der Waals surface area contributed by atoms with Crippen molar-refractivity contribution in [3.8, 4) is 0 Å². The highest BCUT2D eigenvalue weighted by Gasteiger charge is 2.10. The van der Waals surface area contributed by atoms with Crippen molar-refractivity contribution < 1.29 is 9.53 Å². The SMILES string of the molecule is CCCCCCCCCCCCCCC(CCC)CCCC(=O)OCCC.N. The molecule has 0 fully saturated rings. The monoisotopic (exact) mass is 399 g/mol. The van der Waals surface area contributed by atoms with Crippen LogP contribution in [0.2, 0.25) is 0 Å². The van der Waals surface area contributed by atoms with Gasteiger partial charge in [0.05, 0.1) is 6.61 Å². The van der Waals surface area contributed by atoms with E-state index in [0.717, 1.165) is 18.8 Å². The highest BCUT2D eigenvalue weighted by molar-refractivity contribution is 5.69. The van der Waals surface area contributed by atoms with E-state index in [0.29, 0.717) is 13.0 Å². The molecule has 0 saturated heterocycles. The Labute approximate surface area is 177 Å². The number of unbranched alkanes of at least 4 members (excludes halogenated alkanes) is 11. The molecule has 0 saturated carbocycles. The standard InChI is InChI=1S/C25H50O2.H3N/c1-4-7-8-9-10-11-12-13-14-15-16-17-20-24(19-5-2)21-18-22-25(26)27-23-6-3;/h24H,4-23H2,1-3H3;1H3. The minimum absolute atomic E-state index is 0. The van der Waals surface area contributed by atoms with Gasteiger partial charge in [-0.3, -0.25) is 4.79 Å². The van der Waals surface area contributed by atoms with Crippen LogP contribution in [0.15, 0.2) is 0 Å². The number of carbonyl (C=O) groups excluding carboxylic acids is 1. The van der Waals surface area contributed by atoms with E-state index >= 15 is 0 Å². The summed E-state index contributed by atoms with van der Waals surface area (Å²) in [5.74, 6) is 0.814. The third-order valence-electron chi connectivity index (χ3n) is 5.62. The summed E-state index contributed by atoms with van der Waals surface area (Å²) in [6.07, 6.45) is 24.7. The summed E-state index contributed by atoms with van der Waals surface area (Å²) in [6, 6.07) is 0. The van der Waals surface area contributed by atoms with Gasteiger partial charge in [0.2, 0.25) is 0 Å². The zero-order chi connectivity index (χ0) is 20.0. The normalized spacial score (nSPS) is 11.8. The van der Waals surface area contributed by atoms with Crippen LogP contribution < -0.4 is 6.15 Å². The van der Waals surface area contributed by atoms with Gasteiger partial charge in [-0.25, -0.2) is 0 Å². The smallest absolute Gasteiger partial charge is 0.305 e. The lowest BCUT2D eigenvalue weighted by molar-refractivity contribution is -0.143. The van der Waals surface area contributed by atoms with E-state index in [-0.39, 0.29) is 12.1 Å². The molecule has 3 nitrogen and oxygen atoms in total. The molecule has 3 heteroatoms. The number of rotatable bonds is 21. The minimum atomic E-state index is -0.00235. The predicted molar refractivity (Wildman–Crippen MR) is 124 cm³/mol. The molecular weight excluding hydrogens is 346 g/mol. The second-order valence-electron chi connectivity index (χ2n) is 8.45. The van der Waals surface area contributed by atoms with Crippen LogP contribution in [0, 0.1) is 5.92 Å². The molecule has 0 radical (unpaired) electrons. The maximum Gasteiger partial charge on any atom is 0.305 e. The first-order valence-corrected chi connectivity index (χ1v) is 12.4. The fourth-order valence-corrected chi connectivity index (χ4v) is 3.94. The lowest BCUT2D eigenvalue weighted by Gasteiger charge is -2.15. The molecule has 0 spiro atoms. The Morgan fingerprint density at radius 3 is 1.61 bits per heavy atom. The van der Waals surface area contributed by atoms with Crippen molar-refractivity contribution in [2.75, 3.05) is 6.61 Å². The fourth-order valence-electron chi connectivity index (χ4n) is 3.94. The highest BCUT2D eigenvalue weighted by atomic mass is 16.5. The van der Waals surface area contributed by atoms with E-state index < -0.39 is 0 Å². The van der Waals surface area contributed by atoms with Gasteiger partial charge in [-0.15, -0.1) is 0 Å². The van der Waals surface area contributed by atoms with Gasteiger partial charge in [-0.05, 0) is 25.2 Å². The lowest BCUT2D eigenvalue weighted by Crippen LogP contribution is -2.07. The van der Waals surface area contributed by atoms with Gasteiger partial charge >= 0.3 is 5.97 Å². The van der Waals surface area contributed by atoms with E-state index in [1.165, 1.54) is 103 Å². The summed E-state index contributed by atoms with van der Waals surface area (Å²) in [6.45, 7) is 7.19. The van der Waals surface area contributed by atoms with Crippen LogP contribution in [0.25, 0.3) is 0 Å². The van der Waals surface area contributed by atoms with Crippen molar-refractivity contribution in [2.24, 2.45) is 5.92 Å². The fraction of sp³-hybridized carbons (Fsp3) is 0.960. The van der Waals surface area contributed by atoms with Crippen LogP contribution in [0.1, 0.15) is 143 Å². The summed E-state index contributed by atoms with van der Waals surface area (Å²) >= 11 is 0. The molecule has 3 N–H and O–H groups in total. The predicted octanol–water partition coefficient (Wildman–Crippen LogP) is 8.78. The number of esters is 1. The Bertz CT molecular complexity index is 307. The molecule has 0 aromatic heterocycles. The summed E-state index contributed by atoms with van der Waals surface area (Å²) in [7, 11) is 0. The van der Waals surface area contributed by atoms with Gasteiger partial charge in [0.1, 0.15) is 0 Å². The van der Waals surface area contributed by atoms with Crippen molar-refractivity contribution in [1.29, 1.82) is 0 Å². The molecule has 0 rings (SSSR count). The molecule has 170 valence electrons. The van der Waals surface area contributed by atoms with Crippen molar-refractivity contribution >= 4 is 5.97 Å². The molecule has 0 aliphatic rings. The van der Waals surface area contributed by atoms with Crippen molar-refractivity contribution in [3.05, 3.63) is 0 Å². The van der Waals surface area contributed by atoms with Gasteiger partial charge in [0.25, 0.3) is 0 Å². The Balaban J connectivity index is 0. The van der Waals surface area contributed by atoms with E-state index in [9.17, 15) is 4.79 Å². The maximum absolute atomic E-state index is 11.6. The zero-order valence-electron chi connectivity index (χ0n) is 19.7. The number of ether oxygens (including phenoxy) is 1. The quantitative estimate of drug-likeness (QED) is 0.155. The summed E-state index contributed by atoms with van der Waals surface area (Å²) in [4.78, 5) is 11.6. The van der Waals surface area contributed by atoms with Crippen LogP contribution in [-0.4, -0.2) is 12.6 Å². The average molecular weight is 400 g/mol. The molecule has 1 unspecified atom stereocenters. The van der Waals surface area contributed by atoms with E-state index in [2.05, 4.69) is 13.8 Å². The Morgan fingerprint density at radius 2 is 1.11 bits per heavy atom.